The number of nitrogens with one attached hydrogen (secondary N) is 1. The highest BCUT2D eigenvalue weighted by molar-refractivity contribution is 6.34. The van der Waals surface area contributed by atoms with Crippen LogP contribution in [0.4, 0.5) is 10.1 Å². The number of nitrogens with zero attached hydrogens (tertiary/aromatic N) is 4. The smallest absolute Gasteiger partial charge is 0.260 e. The minimum absolute atomic E-state index is 0.0366. The Hall–Kier alpha value is -2.80. The van der Waals surface area contributed by atoms with Crippen molar-refractivity contribution in [3.8, 4) is 5.95 Å². The van der Waals surface area contributed by atoms with Gasteiger partial charge in [-0.25, -0.2) is 19.3 Å². The topological polar surface area (TPSA) is 72.7 Å². The number of hydrogen-bond acceptors (Lipinski definition) is 4. The maximum Gasteiger partial charge on any atom is 0.260 e. The second-order valence-corrected chi connectivity index (χ2v) is 5.52. The Bertz CT molecular complexity index is 887. The van der Waals surface area contributed by atoms with Crippen molar-refractivity contribution in [2.24, 2.45) is 0 Å². The molecule has 3 rings (SSSR count). The molecule has 0 saturated carbocycles. The Morgan fingerprint density at radius 2 is 1.92 bits per heavy atom. The third kappa shape index (κ3) is 2.98. The molecular weight excluding hydrogens is 333 g/mol. The minimum Gasteiger partial charge on any atom is -0.319 e. The van der Waals surface area contributed by atoms with Crippen molar-refractivity contribution >= 4 is 23.2 Å². The molecule has 0 aliphatic rings. The number of imidazole rings is 1. The van der Waals surface area contributed by atoms with Crippen LogP contribution in [0.15, 0.2) is 36.9 Å². The highest BCUT2D eigenvalue weighted by Crippen LogP contribution is 2.20. The van der Waals surface area contributed by atoms with Gasteiger partial charge in [-0.3, -0.25) is 9.36 Å². The Kier molecular flexibility index (Phi) is 4.26. The molecule has 0 fully saturated rings. The summed E-state index contributed by atoms with van der Waals surface area (Å²) in [6.07, 6.45) is 4.49. The summed E-state index contributed by atoms with van der Waals surface area (Å²) in [6.45, 7) is 3.79. The first kappa shape index (κ1) is 16.1. The average molecular weight is 346 g/mol. The van der Waals surface area contributed by atoms with Crippen molar-refractivity contribution in [1.82, 2.24) is 19.5 Å². The number of aryl methyl sites for hydroxylation is 1. The number of carbonyl (C=O) groups is 1. The fourth-order valence-electron chi connectivity index (χ4n) is 2.12. The van der Waals surface area contributed by atoms with Crippen molar-refractivity contribution in [1.29, 1.82) is 0 Å². The number of rotatable bonds is 3. The van der Waals surface area contributed by atoms with Gasteiger partial charge in [0, 0.05) is 5.69 Å². The van der Waals surface area contributed by atoms with Crippen LogP contribution >= 0.6 is 11.6 Å². The van der Waals surface area contributed by atoms with Gasteiger partial charge < -0.3 is 5.32 Å². The van der Waals surface area contributed by atoms with Crippen LogP contribution in [0.5, 0.6) is 0 Å². The molecule has 2 heterocycles. The Labute approximate surface area is 142 Å². The van der Waals surface area contributed by atoms with Gasteiger partial charge in [-0.15, -0.1) is 0 Å². The van der Waals surface area contributed by atoms with E-state index in [0.29, 0.717) is 11.6 Å². The van der Waals surface area contributed by atoms with Gasteiger partial charge in [-0.05, 0) is 26.0 Å². The highest BCUT2D eigenvalue weighted by Gasteiger charge is 2.16. The molecule has 1 aromatic carbocycles. The lowest BCUT2D eigenvalue weighted by atomic mass is 10.2. The molecule has 0 spiro atoms. The molecule has 0 unspecified atom stereocenters. The Morgan fingerprint density at radius 1 is 1.21 bits per heavy atom. The molecule has 0 bridgehead atoms. The molecule has 122 valence electrons. The second kappa shape index (κ2) is 6.37. The van der Waals surface area contributed by atoms with E-state index in [4.69, 9.17) is 11.6 Å². The fraction of sp³-hybridized carbons (Fsp3) is 0.125. The first-order valence-corrected chi connectivity index (χ1v) is 7.43. The maximum absolute atomic E-state index is 13.7. The minimum atomic E-state index is -0.693. The molecule has 1 amide bonds. The second-order valence-electron chi connectivity index (χ2n) is 5.11. The molecule has 3 aromatic rings. The van der Waals surface area contributed by atoms with Gasteiger partial charge in [0.15, 0.2) is 0 Å². The zero-order chi connectivity index (χ0) is 17.3. The first-order chi connectivity index (χ1) is 11.5. The lowest BCUT2D eigenvalue weighted by Gasteiger charge is -2.08. The van der Waals surface area contributed by atoms with Gasteiger partial charge in [-0.2, -0.15) is 0 Å². The quantitative estimate of drug-likeness (QED) is 0.790. The number of amides is 1. The molecule has 1 N–H and O–H groups in total. The van der Waals surface area contributed by atoms with E-state index in [0.717, 1.165) is 11.4 Å². The van der Waals surface area contributed by atoms with Gasteiger partial charge in [0.25, 0.3) is 5.91 Å². The van der Waals surface area contributed by atoms with Crippen LogP contribution in [0.1, 0.15) is 21.7 Å². The summed E-state index contributed by atoms with van der Waals surface area (Å²) in [7, 11) is 0. The van der Waals surface area contributed by atoms with E-state index in [1.807, 2.05) is 13.8 Å². The van der Waals surface area contributed by atoms with Crippen LogP contribution in [0, 0.1) is 19.7 Å². The number of halogens is 2. The summed E-state index contributed by atoms with van der Waals surface area (Å²) < 4.78 is 15.5. The zero-order valence-electron chi connectivity index (χ0n) is 12.9. The van der Waals surface area contributed by atoms with Crippen LogP contribution in [-0.4, -0.2) is 25.4 Å². The summed E-state index contributed by atoms with van der Waals surface area (Å²) in [5.74, 6) is -0.929. The summed E-state index contributed by atoms with van der Waals surface area (Å²) in [4.78, 5) is 24.7. The Morgan fingerprint density at radius 3 is 2.50 bits per heavy atom. The van der Waals surface area contributed by atoms with Gasteiger partial charge >= 0.3 is 0 Å². The number of benzene rings is 1. The molecule has 0 atom stereocenters. The molecule has 0 radical (unpaired) electrons. The average Bonchev–Trinajstić information content (AvgIpc) is 2.88. The van der Waals surface area contributed by atoms with Gasteiger partial charge in [0.05, 0.1) is 34.4 Å². The Balaban J connectivity index is 1.82. The lowest BCUT2D eigenvalue weighted by Crippen LogP contribution is -2.15. The van der Waals surface area contributed by atoms with E-state index in [9.17, 15) is 9.18 Å². The van der Waals surface area contributed by atoms with Crippen molar-refractivity contribution in [3.63, 3.8) is 0 Å². The molecular formula is C16H13ClFN5O. The lowest BCUT2D eigenvalue weighted by molar-refractivity contribution is 0.102. The molecule has 8 heteroatoms. The summed E-state index contributed by atoms with van der Waals surface area (Å²) in [5, 5.41) is 2.56. The van der Waals surface area contributed by atoms with Crippen molar-refractivity contribution in [2.75, 3.05) is 5.32 Å². The zero-order valence-corrected chi connectivity index (χ0v) is 13.7. The fourth-order valence-corrected chi connectivity index (χ4v) is 2.37. The SMILES string of the molecule is Cc1ncn(-c2ncc(NC(=O)c3c(F)cccc3Cl)cn2)c1C. The largest absolute Gasteiger partial charge is 0.319 e. The number of carbonyl (C=O) groups excluding carboxylic acids is 1. The number of hydrogen-bond donors (Lipinski definition) is 1. The van der Waals surface area contributed by atoms with Crippen LogP contribution in [0.25, 0.3) is 5.95 Å². The van der Waals surface area contributed by atoms with E-state index in [1.54, 1.807) is 10.9 Å². The van der Waals surface area contributed by atoms with E-state index in [1.165, 1.54) is 30.6 Å². The van der Waals surface area contributed by atoms with Gasteiger partial charge in [0.1, 0.15) is 12.1 Å². The van der Waals surface area contributed by atoms with Crippen molar-refractivity contribution in [2.45, 2.75) is 13.8 Å². The molecule has 0 aliphatic heterocycles. The number of aromatic nitrogens is 4. The molecule has 6 nitrogen and oxygen atoms in total. The highest BCUT2D eigenvalue weighted by atomic mass is 35.5. The monoisotopic (exact) mass is 345 g/mol. The van der Waals surface area contributed by atoms with E-state index < -0.39 is 11.7 Å². The predicted molar refractivity (Wildman–Crippen MR) is 88.0 cm³/mol. The number of anilines is 1. The predicted octanol–water partition coefficient (Wildman–Crippen LogP) is 3.32. The van der Waals surface area contributed by atoms with Crippen LogP contribution < -0.4 is 5.32 Å². The van der Waals surface area contributed by atoms with Gasteiger partial charge in [-0.1, -0.05) is 17.7 Å². The van der Waals surface area contributed by atoms with Crippen molar-refractivity contribution in [3.05, 3.63) is 64.7 Å². The summed E-state index contributed by atoms with van der Waals surface area (Å²) >= 11 is 5.87. The van der Waals surface area contributed by atoms with Crippen LogP contribution in [0.2, 0.25) is 5.02 Å². The van der Waals surface area contributed by atoms with E-state index in [-0.39, 0.29) is 10.6 Å². The normalized spacial score (nSPS) is 10.7. The molecule has 24 heavy (non-hydrogen) atoms. The first-order valence-electron chi connectivity index (χ1n) is 7.05. The third-order valence-corrected chi connectivity index (χ3v) is 3.87. The molecule has 2 aromatic heterocycles. The summed E-state index contributed by atoms with van der Waals surface area (Å²) in [6, 6.07) is 4.05. The van der Waals surface area contributed by atoms with Gasteiger partial charge in [0.2, 0.25) is 5.95 Å². The van der Waals surface area contributed by atoms with Crippen LogP contribution in [-0.2, 0) is 0 Å². The molecule has 0 aliphatic carbocycles. The van der Waals surface area contributed by atoms with Crippen LogP contribution in [0.3, 0.4) is 0 Å². The molecule has 0 saturated heterocycles. The maximum atomic E-state index is 13.7. The van der Waals surface area contributed by atoms with E-state index >= 15 is 0 Å². The third-order valence-electron chi connectivity index (χ3n) is 3.55. The summed E-state index contributed by atoms with van der Waals surface area (Å²) in [5.41, 5.74) is 1.91. The standard InChI is InChI=1S/C16H13ClFN5O/c1-9-10(2)23(8-21-9)16-19-6-11(7-20-16)22-15(24)14-12(17)4-3-5-13(14)18/h3-8H,1-2H3,(H,22,24). The van der Waals surface area contributed by atoms with E-state index in [2.05, 4.69) is 20.3 Å². The van der Waals surface area contributed by atoms with Crippen molar-refractivity contribution < 1.29 is 9.18 Å².